The van der Waals surface area contributed by atoms with Crippen molar-refractivity contribution in [1.29, 1.82) is 0 Å². The maximum Gasteiger partial charge on any atom is 0.408 e. The van der Waals surface area contributed by atoms with Crippen LogP contribution in [-0.2, 0) is 25.5 Å². The van der Waals surface area contributed by atoms with E-state index in [0.29, 0.717) is 24.3 Å². The first-order valence-corrected chi connectivity index (χ1v) is 14.5. The van der Waals surface area contributed by atoms with Crippen LogP contribution in [-0.4, -0.2) is 83.4 Å². The first-order chi connectivity index (χ1) is 20.6. The van der Waals surface area contributed by atoms with Gasteiger partial charge < -0.3 is 25.0 Å². The summed E-state index contributed by atoms with van der Waals surface area (Å²) in [6, 6.07) is 13.6. The fourth-order valence-electron chi connectivity index (χ4n) is 5.27. The number of ether oxygens (including phenoxy) is 2. The zero-order chi connectivity index (χ0) is 32.3. The molecule has 0 aromatic heterocycles. The minimum Gasteiger partial charge on any atom is -0.491 e. The van der Waals surface area contributed by atoms with Crippen LogP contribution >= 0.6 is 0 Å². The van der Waals surface area contributed by atoms with Gasteiger partial charge in [0.15, 0.2) is 0 Å². The summed E-state index contributed by atoms with van der Waals surface area (Å²) in [5.41, 5.74) is -1.65. The van der Waals surface area contributed by atoms with Crippen molar-refractivity contribution >= 4 is 29.5 Å². The van der Waals surface area contributed by atoms with Crippen molar-refractivity contribution in [3.8, 4) is 5.75 Å². The number of nitrogens with one attached hydrogen (secondary N) is 2. The lowest BCUT2D eigenvalue weighted by Crippen LogP contribution is -2.63. The Kier molecular flexibility index (Phi) is 9.31. The lowest BCUT2D eigenvalue weighted by Gasteiger charge is -2.41. The van der Waals surface area contributed by atoms with Gasteiger partial charge in [0.05, 0.1) is 5.71 Å². The maximum atomic E-state index is 14.1. The predicted octanol–water partition coefficient (Wildman–Crippen LogP) is 3.28. The van der Waals surface area contributed by atoms with E-state index in [1.165, 1.54) is 43.1 Å². The molecule has 2 aliphatic rings. The number of likely N-dealkylation sites (tertiary alicyclic amines) is 1. The number of fused-ring (bicyclic) bond motifs is 1. The van der Waals surface area contributed by atoms with E-state index in [1.807, 2.05) is 30.3 Å². The van der Waals surface area contributed by atoms with E-state index in [2.05, 4.69) is 15.7 Å². The second-order valence-corrected chi connectivity index (χ2v) is 12.7. The third-order valence-electron chi connectivity index (χ3n) is 7.48. The van der Waals surface area contributed by atoms with Crippen LogP contribution in [0, 0.1) is 11.2 Å². The predicted molar refractivity (Wildman–Crippen MR) is 161 cm³/mol. The van der Waals surface area contributed by atoms with Gasteiger partial charge in [-0.3, -0.25) is 14.4 Å². The molecule has 2 aromatic carbocycles. The van der Waals surface area contributed by atoms with Crippen molar-refractivity contribution in [3.63, 3.8) is 0 Å². The number of rotatable bonds is 9. The van der Waals surface area contributed by atoms with Gasteiger partial charge >= 0.3 is 6.09 Å². The molecule has 1 unspecified atom stereocenters. The molecule has 0 aliphatic carbocycles. The van der Waals surface area contributed by atoms with Gasteiger partial charge in [0.25, 0.3) is 5.91 Å². The number of nitrogens with zero attached hydrogens (tertiary/aromatic N) is 3. The minimum atomic E-state index is -1.46. The lowest BCUT2D eigenvalue weighted by molar-refractivity contribution is -0.143. The molecule has 0 saturated carbocycles. The third-order valence-corrected chi connectivity index (χ3v) is 7.48. The first kappa shape index (κ1) is 32.4. The largest absolute Gasteiger partial charge is 0.491 e. The quantitative estimate of drug-likeness (QED) is 0.449. The number of alkyl carbamates (subject to hydrolysis) is 1. The topological polar surface area (TPSA) is 130 Å². The number of hydrogen-bond acceptors (Lipinski definition) is 7. The lowest BCUT2D eigenvalue weighted by atomic mass is 9.73. The molecule has 0 radical (unpaired) electrons. The molecule has 4 rings (SSSR count). The Labute approximate surface area is 256 Å². The number of carbonyl (C=O) groups excluding carboxylic acids is 4. The van der Waals surface area contributed by atoms with Crippen molar-refractivity contribution in [2.75, 3.05) is 26.7 Å². The van der Waals surface area contributed by atoms with Crippen molar-refractivity contribution in [1.82, 2.24) is 20.5 Å². The normalized spacial score (nSPS) is 19.1. The molecule has 1 saturated heterocycles. The summed E-state index contributed by atoms with van der Waals surface area (Å²) < 4.78 is 24.6. The van der Waals surface area contributed by atoms with Crippen molar-refractivity contribution < 1.29 is 33.0 Å². The molecule has 2 aromatic rings. The van der Waals surface area contributed by atoms with Crippen LogP contribution in [0.15, 0.2) is 59.7 Å². The molecular formula is C32H40FN5O6. The first-order valence-electron chi connectivity index (χ1n) is 14.5. The Morgan fingerprint density at radius 1 is 1.05 bits per heavy atom. The number of piperidine rings is 1. The fraction of sp³-hybridized carbons (Fsp3) is 0.469. The zero-order valence-corrected chi connectivity index (χ0v) is 26.0. The highest BCUT2D eigenvalue weighted by molar-refractivity contribution is 6.13. The Balaban J connectivity index is 1.57. The Bertz CT molecular complexity index is 1420. The highest BCUT2D eigenvalue weighted by Gasteiger charge is 2.54. The van der Waals surface area contributed by atoms with Crippen LogP contribution in [0.1, 0.15) is 46.6 Å². The highest BCUT2D eigenvalue weighted by Crippen LogP contribution is 2.38. The van der Waals surface area contributed by atoms with E-state index in [9.17, 15) is 23.6 Å². The summed E-state index contributed by atoms with van der Waals surface area (Å²) in [5.74, 6) is -1.49. The monoisotopic (exact) mass is 609 g/mol. The van der Waals surface area contributed by atoms with Crippen LogP contribution in [0.3, 0.4) is 0 Å². The molecule has 4 amide bonds. The Morgan fingerprint density at radius 2 is 1.70 bits per heavy atom. The average molecular weight is 610 g/mol. The van der Waals surface area contributed by atoms with Crippen LogP contribution in [0.4, 0.5) is 9.18 Å². The van der Waals surface area contributed by atoms with E-state index in [0.717, 1.165) is 5.56 Å². The smallest absolute Gasteiger partial charge is 0.408 e. The van der Waals surface area contributed by atoms with Gasteiger partial charge in [-0.15, -0.1) is 0 Å². The molecule has 12 heteroatoms. The number of halogens is 1. The number of hydrazone groups is 1. The number of hydrogen-bond donors (Lipinski definition) is 2. The van der Waals surface area contributed by atoms with E-state index < -0.39 is 46.3 Å². The molecular weight excluding hydrogens is 569 g/mol. The number of benzene rings is 2. The number of carbonyl (C=O) groups is 4. The van der Waals surface area contributed by atoms with Gasteiger partial charge in [0.1, 0.15) is 40.8 Å². The third kappa shape index (κ3) is 7.53. The van der Waals surface area contributed by atoms with E-state index in [4.69, 9.17) is 9.47 Å². The molecule has 0 spiro atoms. The second-order valence-electron chi connectivity index (χ2n) is 12.7. The SMILES string of the molecule is CN1N=C2CCN(C(=O)C(COc3ccc(F)cc3)NC(=O)C(C)(C)NC(=O)OC(C)(C)C)C[C@@]2(Cc2ccccc2)C1=O. The van der Waals surface area contributed by atoms with Gasteiger partial charge in [-0.25, -0.2) is 14.2 Å². The van der Waals surface area contributed by atoms with Crippen molar-refractivity contribution in [2.24, 2.45) is 10.5 Å². The summed E-state index contributed by atoms with van der Waals surface area (Å²) in [5, 5.41) is 11.1. The molecule has 2 N–H and O–H groups in total. The van der Waals surface area contributed by atoms with Gasteiger partial charge in [-0.2, -0.15) is 5.10 Å². The van der Waals surface area contributed by atoms with Gasteiger partial charge in [-0.05, 0) is 70.9 Å². The van der Waals surface area contributed by atoms with Gasteiger partial charge in [0, 0.05) is 26.6 Å². The standard InChI is InChI=1S/C32H40FN5O6/c1-30(2,3)44-29(42)35-31(4,5)27(40)34-24(19-43-23-14-12-22(33)13-15-23)26(39)38-17-16-25-32(20-38,28(41)37(6)36-25)18-21-10-8-7-9-11-21/h7-15,24H,16-20H2,1-6H3,(H,34,40)(H,35,42)/t24?,32-/m1/s1. The summed E-state index contributed by atoms with van der Waals surface area (Å²) in [4.78, 5) is 55.1. The van der Waals surface area contributed by atoms with Crippen molar-refractivity contribution in [3.05, 3.63) is 66.0 Å². The molecule has 11 nitrogen and oxygen atoms in total. The Hall–Kier alpha value is -4.48. The maximum absolute atomic E-state index is 14.1. The van der Waals surface area contributed by atoms with Crippen molar-refractivity contribution in [2.45, 2.75) is 64.6 Å². The molecule has 0 bridgehead atoms. The molecule has 2 atom stereocenters. The average Bonchev–Trinajstić information content (AvgIpc) is 3.19. The fourth-order valence-corrected chi connectivity index (χ4v) is 5.27. The van der Waals surface area contributed by atoms with Crippen LogP contribution < -0.4 is 15.4 Å². The summed E-state index contributed by atoms with van der Waals surface area (Å²) >= 11 is 0. The summed E-state index contributed by atoms with van der Waals surface area (Å²) in [7, 11) is 1.60. The van der Waals surface area contributed by atoms with Crippen LogP contribution in [0.5, 0.6) is 5.75 Å². The Morgan fingerprint density at radius 3 is 2.34 bits per heavy atom. The summed E-state index contributed by atoms with van der Waals surface area (Å²) in [6.45, 7) is 8.13. The van der Waals surface area contributed by atoms with E-state index >= 15 is 0 Å². The van der Waals surface area contributed by atoms with E-state index in [-0.39, 0.29) is 25.6 Å². The van der Waals surface area contributed by atoms with Crippen LogP contribution in [0.2, 0.25) is 0 Å². The zero-order valence-electron chi connectivity index (χ0n) is 26.0. The summed E-state index contributed by atoms with van der Waals surface area (Å²) in [6.07, 6.45) is -0.0623. The molecule has 2 aliphatic heterocycles. The molecule has 44 heavy (non-hydrogen) atoms. The highest BCUT2D eigenvalue weighted by atomic mass is 19.1. The molecule has 1 fully saturated rings. The van der Waals surface area contributed by atoms with Gasteiger partial charge in [-0.1, -0.05) is 30.3 Å². The minimum absolute atomic E-state index is 0.0607. The molecule has 236 valence electrons. The molecule has 2 heterocycles. The van der Waals surface area contributed by atoms with Crippen LogP contribution in [0.25, 0.3) is 0 Å². The van der Waals surface area contributed by atoms with E-state index in [1.54, 1.807) is 32.7 Å². The second kappa shape index (κ2) is 12.6. The number of amides is 4. The van der Waals surface area contributed by atoms with Gasteiger partial charge in [0.2, 0.25) is 11.8 Å².